The van der Waals surface area contributed by atoms with Gasteiger partial charge >= 0.3 is 5.97 Å². The predicted molar refractivity (Wildman–Crippen MR) is 71.3 cm³/mol. The molecular formula is C13H19N3O3. The van der Waals surface area contributed by atoms with Crippen molar-refractivity contribution in [3.05, 3.63) is 22.7 Å². The SMILES string of the molecule is CC(CCCC(=O)O)Nc1nccn(C2CC2)c1=O. The summed E-state index contributed by atoms with van der Waals surface area (Å²) < 4.78 is 1.72. The molecule has 1 atom stereocenters. The first kappa shape index (κ1) is 13.6. The number of carboxylic acids is 1. The fourth-order valence-electron chi connectivity index (χ4n) is 2.03. The van der Waals surface area contributed by atoms with Gasteiger partial charge in [-0.3, -0.25) is 9.59 Å². The maximum atomic E-state index is 12.1. The molecular weight excluding hydrogens is 246 g/mol. The van der Waals surface area contributed by atoms with Gasteiger partial charge in [-0.2, -0.15) is 0 Å². The van der Waals surface area contributed by atoms with Crippen LogP contribution in [-0.2, 0) is 4.79 Å². The van der Waals surface area contributed by atoms with Crippen LogP contribution >= 0.6 is 0 Å². The summed E-state index contributed by atoms with van der Waals surface area (Å²) >= 11 is 0. The average Bonchev–Trinajstić information content (AvgIpc) is 3.15. The number of carboxylic acid groups (broad SMARTS) is 1. The van der Waals surface area contributed by atoms with Crippen LogP contribution in [0.5, 0.6) is 0 Å². The van der Waals surface area contributed by atoms with Crippen LogP contribution < -0.4 is 10.9 Å². The van der Waals surface area contributed by atoms with Gasteiger partial charge in [0.15, 0.2) is 5.82 Å². The zero-order chi connectivity index (χ0) is 13.8. The monoisotopic (exact) mass is 265 g/mol. The Morgan fingerprint density at radius 2 is 2.37 bits per heavy atom. The van der Waals surface area contributed by atoms with Crippen LogP contribution in [0.4, 0.5) is 5.82 Å². The summed E-state index contributed by atoms with van der Waals surface area (Å²) in [6.45, 7) is 1.93. The molecule has 0 spiro atoms. The minimum atomic E-state index is -0.791. The summed E-state index contributed by atoms with van der Waals surface area (Å²) in [6, 6.07) is 0.368. The third-order valence-electron chi connectivity index (χ3n) is 3.22. The quantitative estimate of drug-likeness (QED) is 0.782. The van der Waals surface area contributed by atoms with E-state index in [1.807, 2.05) is 6.92 Å². The molecule has 6 nitrogen and oxygen atoms in total. The first-order valence-electron chi connectivity index (χ1n) is 6.63. The van der Waals surface area contributed by atoms with Gasteiger partial charge in [-0.25, -0.2) is 4.98 Å². The van der Waals surface area contributed by atoms with Crippen molar-refractivity contribution in [3.8, 4) is 0 Å². The summed E-state index contributed by atoms with van der Waals surface area (Å²) in [7, 11) is 0. The Labute approximate surface area is 111 Å². The van der Waals surface area contributed by atoms with Gasteiger partial charge in [-0.05, 0) is 32.6 Å². The second-order valence-electron chi connectivity index (χ2n) is 5.05. The largest absolute Gasteiger partial charge is 0.481 e. The summed E-state index contributed by atoms with van der Waals surface area (Å²) in [5.41, 5.74) is -0.0879. The van der Waals surface area contributed by atoms with Gasteiger partial charge in [0.2, 0.25) is 0 Å². The fourth-order valence-corrected chi connectivity index (χ4v) is 2.03. The van der Waals surface area contributed by atoms with Gasteiger partial charge in [0.05, 0.1) is 0 Å². The Morgan fingerprint density at radius 3 is 3.00 bits per heavy atom. The van der Waals surface area contributed by atoms with E-state index in [0.29, 0.717) is 24.7 Å². The van der Waals surface area contributed by atoms with Crippen molar-refractivity contribution in [1.82, 2.24) is 9.55 Å². The molecule has 0 aliphatic heterocycles. The molecule has 0 aromatic carbocycles. The lowest BCUT2D eigenvalue weighted by Gasteiger charge is -2.14. The highest BCUT2D eigenvalue weighted by Crippen LogP contribution is 2.33. The molecule has 2 rings (SSSR count). The number of nitrogens with zero attached hydrogens (tertiary/aromatic N) is 2. The Hall–Kier alpha value is -1.85. The number of aliphatic carboxylic acids is 1. The van der Waals surface area contributed by atoms with Gasteiger partial charge < -0.3 is 15.0 Å². The molecule has 1 aromatic rings. The van der Waals surface area contributed by atoms with Crippen molar-refractivity contribution in [2.45, 2.75) is 51.1 Å². The number of anilines is 1. The molecule has 0 amide bonds. The van der Waals surface area contributed by atoms with Crippen molar-refractivity contribution in [2.75, 3.05) is 5.32 Å². The maximum Gasteiger partial charge on any atom is 0.303 e. The topological polar surface area (TPSA) is 84.2 Å². The molecule has 0 radical (unpaired) electrons. The highest BCUT2D eigenvalue weighted by molar-refractivity contribution is 5.66. The summed E-state index contributed by atoms with van der Waals surface area (Å²) in [6.07, 6.45) is 6.90. The molecule has 1 aliphatic carbocycles. The Kier molecular flexibility index (Phi) is 4.19. The normalized spacial score (nSPS) is 16.1. The molecule has 6 heteroatoms. The lowest BCUT2D eigenvalue weighted by atomic mass is 10.1. The number of hydrogen-bond acceptors (Lipinski definition) is 4. The molecule has 0 bridgehead atoms. The predicted octanol–water partition coefficient (Wildman–Crippen LogP) is 1.63. The van der Waals surface area contributed by atoms with Crippen LogP contribution in [0.25, 0.3) is 0 Å². The van der Waals surface area contributed by atoms with E-state index < -0.39 is 5.97 Å². The van der Waals surface area contributed by atoms with E-state index in [2.05, 4.69) is 10.3 Å². The average molecular weight is 265 g/mol. The maximum absolute atomic E-state index is 12.1. The lowest BCUT2D eigenvalue weighted by Crippen LogP contribution is -2.27. The molecule has 104 valence electrons. The molecule has 2 N–H and O–H groups in total. The Morgan fingerprint density at radius 1 is 1.63 bits per heavy atom. The first-order valence-corrected chi connectivity index (χ1v) is 6.63. The zero-order valence-electron chi connectivity index (χ0n) is 11.0. The number of aromatic nitrogens is 2. The molecule has 1 saturated carbocycles. The van der Waals surface area contributed by atoms with Gasteiger partial charge in [0, 0.05) is 30.9 Å². The number of hydrogen-bond donors (Lipinski definition) is 2. The van der Waals surface area contributed by atoms with Crippen LogP contribution in [0.15, 0.2) is 17.2 Å². The van der Waals surface area contributed by atoms with E-state index in [0.717, 1.165) is 12.8 Å². The van der Waals surface area contributed by atoms with E-state index in [1.165, 1.54) is 0 Å². The van der Waals surface area contributed by atoms with Crippen molar-refractivity contribution in [2.24, 2.45) is 0 Å². The lowest BCUT2D eigenvalue weighted by molar-refractivity contribution is -0.137. The van der Waals surface area contributed by atoms with Crippen LogP contribution in [0.3, 0.4) is 0 Å². The second-order valence-corrected chi connectivity index (χ2v) is 5.05. The first-order chi connectivity index (χ1) is 9.08. The smallest absolute Gasteiger partial charge is 0.303 e. The molecule has 19 heavy (non-hydrogen) atoms. The minimum absolute atomic E-state index is 0.0367. The summed E-state index contributed by atoms with van der Waals surface area (Å²) in [5, 5.41) is 11.6. The van der Waals surface area contributed by atoms with E-state index in [9.17, 15) is 9.59 Å². The third kappa shape index (κ3) is 3.81. The van der Waals surface area contributed by atoms with Crippen LogP contribution in [-0.4, -0.2) is 26.7 Å². The van der Waals surface area contributed by atoms with Crippen LogP contribution in [0.2, 0.25) is 0 Å². The summed E-state index contributed by atoms with van der Waals surface area (Å²) in [4.78, 5) is 26.6. The molecule has 1 aromatic heterocycles. The standard InChI is InChI=1S/C13H19N3O3/c1-9(3-2-4-11(17)18)15-12-13(19)16(8-7-14-12)10-5-6-10/h7-10H,2-6H2,1H3,(H,14,15)(H,17,18). The highest BCUT2D eigenvalue weighted by Gasteiger charge is 2.25. The van der Waals surface area contributed by atoms with Gasteiger partial charge in [-0.1, -0.05) is 0 Å². The van der Waals surface area contributed by atoms with E-state index in [4.69, 9.17) is 5.11 Å². The Bertz CT molecular complexity index is 508. The second kappa shape index (κ2) is 5.86. The van der Waals surface area contributed by atoms with Gasteiger partial charge in [0.1, 0.15) is 0 Å². The van der Waals surface area contributed by atoms with E-state index in [1.54, 1.807) is 17.0 Å². The highest BCUT2D eigenvalue weighted by atomic mass is 16.4. The van der Waals surface area contributed by atoms with Gasteiger partial charge in [-0.15, -0.1) is 0 Å². The van der Waals surface area contributed by atoms with Gasteiger partial charge in [0.25, 0.3) is 5.56 Å². The molecule has 1 unspecified atom stereocenters. The number of carbonyl (C=O) groups is 1. The zero-order valence-corrected chi connectivity index (χ0v) is 11.0. The molecule has 1 aliphatic rings. The fraction of sp³-hybridized carbons (Fsp3) is 0.615. The summed E-state index contributed by atoms with van der Waals surface area (Å²) in [5.74, 6) is -0.432. The molecule has 1 heterocycles. The van der Waals surface area contributed by atoms with Crippen molar-refractivity contribution < 1.29 is 9.90 Å². The van der Waals surface area contributed by atoms with Crippen molar-refractivity contribution in [3.63, 3.8) is 0 Å². The van der Waals surface area contributed by atoms with Crippen molar-refractivity contribution >= 4 is 11.8 Å². The Balaban J connectivity index is 1.93. The van der Waals surface area contributed by atoms with Crippen LogP contribution in [0.1, 0.15) is 45.1 Å². The number of rotatable bonds is 7. The molecule has 0 saturated heterocycles. The van der Waals surface area contributed by atoms with Crippen molar-refractivity contribution in [1.29, 1.82) is 0 Å². The van der Waals surface area contributed by atoms with Crippen LogP contribution in [0, 0.1) is 0 Å². The number of nitrogens with one attached hydrogen (secondary N) is 1. The third-order valence-corrected chi connectivity index (χ3v) is 3.22. The minimum Gasteiger partial charge on any atom is -0.481 e. The van der Waals surface area contributed by atoms with E-state index >= 15 is 0 Å². The molecule has 1 fully saturated rings. The van der Waals surface area contributed by atoms with E-state index in [-0.39, 0.29) is 18.0 Å².